The van der Waals surface area contributed by atoms with E-state index in [1.54, 1.807) is 0 Å². The highest BCUT2D eigenvalue weighted by Gasteiger charge is 2.53. The summed E-state index contributed by atoms with van der Waals surface area (Å²) in [6.07, 6.45) is 10.5. The molecule has 0 saturated heterocycles. The van der Waals surface area contributed by atoms with Crippen LogP contribution in [0.15, 0.2) is 10.7 Å². The molecule has 1 aromatic heterocycles. The normalized spacial score (nSPS) is 41.7. The number of rotatable bonds is 2. The highest BCUT2D eigenvalue weighted by atomic mass is 79.9. The van der Waals surface area contributed by atoms with Crippen molar-refractivity contribution in [3.05, 3.63) is 10.7 Å². The minimum atomic E-state index is 0.437. The Morgan fingerprint density at radius 2 is 1.79 bits per heavy atom. The predicted octanol–water partition coefficient (Wildman–Crippen LogP) is 4.01. The molecule has 4 bridgehead atoms. The lowest BCUT2D eigenvalue weighted by molar-refractivity contribution is -0.0805. The van der Waals surface area contributed by atoms with Crippen LogP contribution in [0.4, 0.5) is 5.82 Å². The van der Waals surface area contributed by atoms with E-state index in [-0.39, 0.29) is 0 Å². The average molecular weight is 324 g/mol. The molecule has 4 aliphatic carbocycles. The van der Waals surface area contributed by atoms with Crippen molar-refractivity contribution in [3.63, 3.8) is 0 Å². The average Bonchev–Trinajstić information content (AvgIpc) is 2.67. The number of aromatic nitrogens is 2. The summed E-state index contributed by atoms with van der Waals surface area (Å²) >= 11 is 3.49. The Kier molecular flexibility index (Phi) is 2.58. The molecule has 2 N–H and O–H groups in total. The Balaban J connectivity index is 1.69. The van der Waals surface area contributed by atoms with Crippen LogP contribution in [0.1, 0.15) is 51.5 Å². The largest absolute Gasteiger partial charge is 0.383 e. The Labute approximate surface area is 123 Å². The van der Waals surface area contributed by atoms with Gasteiger partial charge in [-0.05, 0) is 84.5 Å². The van der Waals surface area contributed by atoms with E-state index >= 15 is 0 Å². The summed E-state index contributed by atoms with van der Waals surface area (Å²) in [6.45, 7) is 2.34. The second kappa shape index (κ2) is 4.00. The van der Waals surface area contributed by atoms with Crippen molar-refractivity contribution in [1.82, 2.24) is 9.78 Å². The van der Waals surface area contributed by atoms with Gasteiger partial charge in [0.05, 0.1) is 16.7 Å². The maximum Gasteiger partial charge on any atom is 0.136 e. The van der Waals surface area contributed by atoms with Crippen molar-refractivity contribution in [2.24, 2.45) is 23.2 Å². The van der Waals surface area contributed by atoms with Crippen LogP contribution in [0.5, 0.6) is 0 Å². The third-order valence-electron chi connectivity index (χ3n) is 6.13. The van der Waals surface area contributed by atoms with Crippen molar-refractivity contribution in [3.8, 4) is 0 Å². The van der Waals surface area contributed by atoms with Crippen LogP contribution in [0.3, 0.4) is 0 Å². The maximum atomic E-state index is 6.18. The molecular weight excluding hydrogens is 302 g/mol. The third-order valence-corrected chi connectivity index (χ3v) is 6.74. The van der Waals surface area contributed by atoms with Gasteiger partial charge in [0, 0.05) is 0 Å². The van der Waals surface area contributed by atoms with Crippen LogP contribution in [0.2, 0.25) is 0 Å². The first-order valence-electron chi connectivity index (χ1n) is 7.56. The molecule has 3 nitrogen and oxygen atoms in total. The fourth-order valence-corrected chi connectivity index (χ4v) is 5.88. The minimum Gasteiger partial charge on any atom is -0.383 e. The highest BCUT2D eigenvalue weighted by Crippen LogP contribution is 2.63. The van der Waals surface area contributed by atoms with E-state index in [9.17, 15) is 0 Å². The molecule has 4 aliphatic rings. The smallest absolute Gasteiger partial charge is 0.136 e. The highest BCUT2D eigenvalue weighted by molar-refractivity contribution is 9.10. The van der Waals surface area contributed by atoms with E-state index in [1.807, 2.05) is 6.20 Å². The predicted molar refractivity (Wildman–Crippen MR) is 79.7 cm³/mol. The molecule has 0 radical (unpaired) electrons. The molecule has 19 heavy (non-hydrogen) atoms. The number of nitrogens with zero attached hydrogens (tertiary/aromatic N) is 2. The van der Waals surface area contributed by atoms with Crippen LogP contribution in [-0.4, -0.2) is 9.78 Å². The van der Waals surface area contributed by atoms with E-state index in [2.05, 4.69) is 32.6 Å². The molecule has 0 amide bonds. The number of nitrogen functional groups attached to an aromatic ring is 1. The number of halogens is 1. The summed E-state index contributed by atoms with van der Waals surface area (Å²) in [7, 11) is 0. The Morgan fingerprint density at radius 1 is 1.26 bits per heavy atom. The maximum absolute atomic E-state index is 6.18. The van der Waals surface area contributed by atoms with Gasteiger partial charge in [-0.15, -0.1) is 0 Å². The lowest BCUT2D eigenvalue weighted by atomic mass is 9.48. The molecule has 0 spiro atoms. The van der Waals surface area contributed by atoms with Crippen molar-refractivity contribution in [2.75, 3.05) is 5.73 Å². The lowest BCUT2D eigenvalue weighted by Gasteiger charge is -2.59. The zero-order valence-electron chi connectivity index (χ0n) is 11.5. The fourth-order valence-electron chi connectivity index (χ4n) is 5.61. The summed E-state index contributed by atoms with van der Waals surface area (Å²) in [5, 5.41) is 4.52. The Hall–Kier alpha value is -0.510. The van der Waals surface area contributed by atoms with Gasteiger partial charge < -0.3 is 5.73 Å². The molecule has 1 atom stereocenters. The molecular formula is C15H22BrN3. The van der Waals surface area contributed by atoms with Crippen LogP contribution in [0.25, 0.3) is 0 Å². The molecule has 1 heterocycles. The van der Waals surface area contributed by atoms with Crippen LogP contribution in [0, 0.1) is 23.2 Å². The van der Waals surface area contributed by atoms with Crippen LogP contribution >= 0.6 is 15.9 Å². The number of hydrogen-bond donors (Lipinski definition) is 1. The van der Waals surface area contributed by atoms with Gasteiger partial charge in [0.1, 0.15) is 5.82 Å². The lowest BCUT2D eigenvalue weighted by Crippen LogP contribution is -2.49. The van der Waals surface area contributed by atoms with Crippen molar-refractivity contribution in [1.29, 1.82) is 0 Å². The monoisotopic (exact) mass is 323 g/mol. The quantitative estimate of drug-likeness (QED) is 0.893. The minimum absolute atomic E-state index is 0.437. The van der Waals surface area contributed by atoms with Gasteiger partial charge >= 0.3 is 0 Å². The molecule has 4 heteroatoms. The first kappa shape index (κ1) is 12.2. The van der Waals surface area contributed by atoms with E-state index in [0.717, 1.165) is 28.0 Å². The summed E-state index contributed by atoms with van der Waals surface area (Å²) in [6, 6.07) is 0.437. The Bertz CT molecular complexity index is 472. The molecule has 104 valence electrons. The fraction of sp³-hybridized carbons (Fsp3) is 0.800. The first-order chi connectivity index (χ1) is 9.07. The molecule has 1 aromatic rings. The molecule has 4 fully saturated rings. The van der Waals surface area contributed by atoms with Gasteiger partial charge in [-0.25, -0.2) is 4.68 Å². The van der Waals surface area contributed by atoms with Gasteiger partial charge in [-0.1, -0.05) is 0 Å². The molecule has 4 saturated carbocycles. The third kappa shape index (κ3) is 1.71. The summed E-state index contributed by atoms with van der Waals surface area (Å²) in [4.78, 5) is 0. The van der Waals surface area contributed by atoms with Crippen molar-refractivity contribution in [2.45, 2.75) is 51.5 Å². The second-order valence-electron chi connectivity index (χ2n) is 7.28. The zero-order valence-corrected chi connectivity index (χ0v) is 13.1. The van der Waals surface area contributed by atoms with Crippen LogP contribution in [-0.2, 0) is 0 Å². The van der Waals surface area contributed by atoms with E-state index in [4.69, 9.17) is 5.73 Å². The number of hydrogen-bond acceptors (Lipinski definition) is 2. The Morgan fingerprint density at radius 3 is 2.21 bits per heavy atom. The van der Waals surface area contributed by atoms with Gasteiger partial charge in [0.2, 0.25) is 0 Å². The topological polar surface area (TPSA) is 43.8 Å². The molecule has 1 unspecified atom stereocenters. The summed E-state index contributed by atoms with van der Waals surface area (Å²) in [5.74, 6) is 3.74. The second-order valence-corrected chi connectivity index (χ2v) is 8.13. The summed E-state index contributed by atoms with van der Waals surface area (Å²) < 4.78 is 3.00. The molecule has 5 rings (SSSR count). The van der Waals surface area contributed by atoms with Gasteiger partial charge in [-0.2, -0.15) is 5.10 Å². The van der Waals surface area contributed by atoms with Crippen molar-refractivity contribution >= 4 is 21.7 Å². The summed E-state index contributed by atoms with van der Waals surface area (Å²) in [5.41, 5.74) is 6.64. The van der Waals surface area contributed by atoms with Crippen molar-refractivity contribution < 1.29 is 0 Å². The van der Waals surface area contributed by atoms with E-state index < -0.39 is 0 Å². The van der Waals surface area contributed by atoms with Crippen LogP contribution < -0.4 is 5.73 Å². The standard InChI is InChI=1S/C15H22BrN3/c1-9(19-14(17)13(16)8-18-19)15-5-10-2-11(6-15)4-12(3-10)7-15/h8-12H,2-7,17H2,1H3. The molecule has 0 aliphatic heterocycles. The van der Waals surface area contributed by atoms with Gasteiger partial charge in [-0.3, -0.25) is 0 Å². The number of anilines is 1. The SMILES string of the molecule is CC(n1ncc(Br)c1N)C12CC3CC(CC(C3)C1)C2. The number of nitrogens with two attached hydrogens (primary N) is 1. The zero-order chi connectivity index (χ0) is 13.2. The van der Waals surface area contributed by atoms with E-state index in [1.165, 1.54) is 38.5 Å². The van der Waals surface area contributed by atoms with E-state index in [0.29, 0.717) is 11.5 Å². The van der Waals surface area contributed by atoms with Gasteiger partial charge in [0.25, 0.3) is 0 Å². The first-order valence-corrected chi connectivity index (χ1v) is 8.35. The molecule has 0 aromatic carbocycles. The van der Waals surface area contributed by atoms with Gasteiger partial charge in [0.15, 0.2) is 0 Å².